The molecule has 0 atom stereocenters. The second kappa shape index (κ2) is 6.92. The quantitative estimate of drug-likeness (QED) is 0.599. The third-order valence-electron chi connectivity index (χ3n) is 4.34. The lowest BCUT2D eigenvalue weighted by Gasteiger charge is -2.08. The fourth-order valence-corrected chi connectivity index (χ4v) is 2.90. The van der Waals surface area contributed by atoms with Gasteiger partial charge in [-0.15, -0.1) is 0 Å². The number of carbonyl (C=O) groups excluding carboxylic acids is 1. The van der Waals surface area contributed by atoms with Crippen LogP contribution in [0.4, 0.5) is 5.82 Å². The van der Waals surface area contributed by atoms with Crippen molar-refractivity contribution in [1.82, 2.24) is 14.4 Å². The Hall–Kier alpha value is -3.67. The van der Waals surface area contributed by atoms with Crippen molar-refractivity contribution in [3.8, 4) is 17.0 Å². The fraction of sp³-hybridized carbons (Fsp3) is 0.0952. The molecule has 1 amide bonds. The highest BCUT2D eigenvalue weighted by Gasteiger charge is 2.14. The molecular formula is C21H18N4O2. The number of nitrogens with one attached hydrogen (secondary N) is 1. The number of hydrogen-bond donors (Lipinski definition) is 1. The number of fused-ring (bicyclic) bond motifs is 1. The second-order valence-electron chi connectivity index (χ2n) is 6.10. The predicted molar refractivity (Wildman–Crippen MR) is 104 cm³/mol. The molecule has 0 aliphatic carbocycles. The Labute approximate surface area is 156 Å². The highest BCUT2D eigenvalue weighted by atomic mass is 16.5. The number of imidazole rings is 1. The van der Waals surface area contributed by atoms with Gasteiger partial charge in [0.15, 0.2) is 5.65 Å². The van der Waals surface area contributed by atoms with E-state index >= 15 is 0 Å². The summed E-state index contributed by atoms with van der Waals surface area (Å²) in [4.78, 5) is 21.5. The van der Waals surface area contributed by atoms with Gasteiger partial charge in [0.2, 0.25) is 0 Å². The minimum atomic E-state index is -0.177. The smallest absolute Gasteiger partial charge is 0.256 e. The highest BCUT2D eigenvalue weighted by Crippen LogP contribution is 2.24. The summed E-state index contributed by atoms with van der Waals surface area (Å²) in [7, 11) is 1.63. The van der Waals surface area contributed by atoms with Crippen LogP contribution in [0.1, 0.15) is 16.1 Å². The number of ether oxygens (including phenoxy) is 1. The molecule has 6 heteroatoms. The molecule has 4 aromatic rings. The molecule has 27 heavy (non-hydrogen) atoms. The second-order valence-corrected chi connectivity index (χ2v) is 6.10. The Morgan fingerprint density at radius 1 is 1.07 bits per heavy atom. The van der Waals surface area contributed by atoms with Crippen LogP contribution in [-0.4, -0.2) is 27.4 Å². The van der Waals surface area contributed by atoms with Gasteiger partial charge in [-0.25, -0.2) is 4.98 Å². The fourth-order valence-electron chi connectivity index (χ4n) is 2.90. The molecule has 134 valence electrons. The molecule has 4 rings (SSSR count). The Morgan fingerprint density at radius 3 is 2.52 bits per heavy atom. The van der Waals surface area contributed by atoms with Gasteiger partial charge in [-0.05, 0) is 43.3 Å². The summed E-state index contributed by atoms with van der Waals surface area (Å²) in [5, 5.41) is 2.96. The van der Waals surface area contributed by atoms with E-state index in [9.17, 15) is 4.79 Å². The van der Waals surface area contributed by atoms with E-state index in [-0.39, 0.29) is 5.91 Å². The third kappa shape index (κ3) is 3.25. The van der Waals surface area contributed by atoms with Gasteiger partial charge in [0, 0.05) is 17.3 Å². The highest BCUT2D eigenvalue weighted by molar-refractivity contribution is 6.04. The maximum Gasteiger partial charge on any atom is 0.256 e. The topological polar surface area (TPSA) is 68.5 Å². The maximum atomic E-state index is 12.6. The number of carbonyl (C=O) groups is 1. The van der Waals surface area contributed by atoms with Crippen molar-refractivity contribution in [3.63, 3.8) is 0 Å². The number of methoxy groups -OCH3 is 1. The largest absolute Gasteiger partial charge is 0.497 e. The number of anilines is 1. The minimum Gasteiger partial charge on any atom is -0.497 e. The van der Waals surface area contributed by atoms with Gasteiger partial charge in [0.25, 0.3) is 5.91 Å². The van der Waals surface area contributed by atoms with Crippen LogP contribution in [0.3, 0.4) is 0 Å². The molecule has 6 nitrogen and oxygen atoms in total. The Balaban J connectivity index is 1.72. The number of hydrogen-bond acceptors (Lipinski definition) is 4. The summed E-state index contributed by atoms with van der Waals surface area (Å²) < 4.78 is 7.05. The van der Waals surface area contributed by atoms with Crippen LogP contribution in [0.25, 0.3) is 16.9 Å². The number of nitrogens with zero attached hydrogens (tertiary/aromatic N) is 3. The third-order valence-corrected chi connectivity index (χ3v) is 4.34. The van der Waals surface area contributed by atoms with Gasteiger partial charge in [-0.2, -0.15) is 0 Å². The van der Waals surface area contributed by atoms with Crippen LogP contribution >= 0.6 is 0 Å². The number of rotatable bonds is 4. The summed E-state index contributed by atoms with van der Waals surface area (Å²) >= 11 is 0. The van der Waals surface area contributed by atoms with Crippen LogP contribution in [0.5, 0.6) is 5.75 Å². The van der Waals surface area contributed by atoms with Gasteiger partial charge >= 0.3 is 0 Å². The molecule has 0 unspecified atom stereocenters. The standard InChI is InChI=1S/C21H18N4O2/c1-14-20(24-21(26)16-6-4-3-5-7-16)25-13-18(22-12-19(25)23-14)15-8-10-17(27-2)11-9-15/h3-13H,1-2H3,(H,24,26). The zero-order valence-electron chi connectivity index (χ0n) is 15.0. The molecule has 0 radical (unpaired) electrons. The van der Waals surface area contributed by atoms with Gasteiger partial charge in [0.05, 0.1) is 24.7 Å². The molecule has 0 spiro atoms. The van der Waals surface area contributed by atoms with Crippen molar-refractivity contribution in [2.75, 3.05) is 12.4 Å². The van der Waals surface area contributed by atoms with Crippen molar-refractivity contribution in [1.29, 1.82) is 0 Å². The summed E-state index contributed by atoms with van der Waals surface area (Å²) in [6.45, 7) is 1.86. The Kier molecular flexibility index (Phi) is 4.30. The first-order valence-corrected chi connectivity index (χ1v) is 8.51. The van der Waals surface area contributed by atoms with Crippen molar-refractivity contribution in [2.24, 2.45) is 0 Å². The summed E-state index contributed by atoms with van der Waals surface area (Å²) in [6, 6.07) is 16.8. The van der Waals surface area contributed by atoms with Crippen LogP contribution < -0.4 is 10.1 Å². The predicted octanol–water partition coefficient (Wildman–Crippen LogP) is 3.97. The van der Waals surface area contributed by atoms with Crippen LogP contribution in [-0.2, 0) is 0 Å². The van der Waals surface area contributed by atoms with Gasteiger partial charge in [-0.1, -0.05) is 18.2 Å². The average Bonchev–Trinajstić information content (AvgIpc) is 3.03. The van der Waals surface area contributed by atoms with Crippen LogP contribution in [0.15, 0.2) is 67.0 Å². The minimum absolute atomic E-state index is 0.177. The van der Waals surface area contributed by atoms with Crippen molar-refractivity contribution in [3.05, 3.63) is 78.2 Å². The lowest BCUT2D eigenvalue weighted by Crippen LogP contribution is -2.14. The van der Waals surface area contributed by atoms with Gasteiger partial charge in [-0.3, -0.25) is 14.2 Å². The molecule has 0 aliphatic heterocycles. The molecule has 1 N–H and O–H groups in total. The van der Waals surface area contributed by atoms with Gasteiger partial charge in [0.1, 0.15) is 11.6 Å². The number of aromatic nitrogens is 3. The zero-order chi connectivity index (χ0) is 18.8. The zero-order valence-corrected chi connectivity index (χ0v) is 15.0. The van der Waals surface area contributed by atoms with Crippen molar-refractivity contribution >= 4 is 17.4 Å². The summed E-state index contributed by atoms with van der Waals surface area (Å²) in [5.74, 6) is 1.24. The number of benzene rings is 2. The maximum absolute atomic E-state index is 12.6. The molecule has 0 fully saturated rings. The van der Waals surface area contributed by atoms with E-state index in [1.807, 2.05) is 60.0 Å². The van der Waals surface area contributed by atoms with E-state index in [1.54, 1.807) is 25.4 Å². The van der Waals surface area contributed by atoms with E-state index in [4.69, 9.17) is 4.74 Å². The van der Waals surface area contributed by atoms with Crippen LogP contribution in [0.2, 0.25) is 0 Å². The molecule has 2 aromatic heterocycles. The number of aryl methyl sites for hydroxylation is 1. The van der Waals surface area contributed by atoms with Crippen molar-refractivity contribution < 1.29 is 9.53 Å². The Morgan fingerprint density at radius 2 is 1.81 bits per heavy atom. The normalized spacial score (nSPS) is 10.7. The van der Waals surface area contributed by atoms with Crippen LogP contribution in [0, 0.1) is 6.92 Å². The Bertz CT molecular complexity index is 1100. The van der Waals surface area contributed by atoms with E-state index in [1.165, 1.54) is 0 Å². The first-order chi connectivity index (χ1) is 13.2. The molecular weight excluding hydrogens is 340 g/mol. The van der Waals surface area contributed by atoms with E-state index in [0.29, 0.717) is 17.0 Å². The van der Waals surface area contributed by atoms with E-state index in [0.717, 1.165) is 22.7 Å². The van der Waals surface area contributed by atoms with Gasteiger partial charge < -0.3 is 10.1 Å². The van der Waals surface area contributed by atoms with E-state index in [2.05, 4.69) is 15.3 Å². The van der Waals surface area contributed by atoms with E-state index < -0.39 is 0 Å². The molecule has 0 bridgehead atoms. The number of amides is 1. The molecule has 2 heterocycles. The molecule has 2 aromatic carbocycles. The molecule has 0 saturated heterocycles. The lowest BCUT2D eigenvalue weighted by atomic mass is 10.1. The van der Waals surface area contributed by atoms with Crippen molar-refractivity contribution in [2.45, 2.75) is 6.92 Å². The summed E-state index contributed by atoms with van der Waals surface area (Å²) in [5.41, 5.74) is 3.72. The lowest BCUT2D eigenvalue weighted by molar-refractivity contribution is 0.102. The molecule has 0 aliphatic rings. The first kappa shape index (κ1) is 16.8. The first-order valence-electron chi connectivity index (χ1n) is 8.51. The molecule has 0 saturated carbocycles. The monoisotopic (exact) mass is 358 g/mol. The average molecular weight is 358 g/mol. The summed E-state index contributed by atoms with van der Waals surface area (Å²) in [6.07, 6.45) is 3.57. The SMILES string of the molecule is COc1ccc(-c2cn3c(NC(=O)c4ccccc4)c(C)nc3cn2)cc1.